The number of piperidine rings is 3. The molecule has 1 aliphatic carbocycles. The van der Waals surface area contributed by atoms with Crippen LogP contribution in [0.25, 0.3) is 5.52 Å². The van der Waals surface area contributed by atoms with E-state index in [1.54, 1.807) is 6.33 Å². The molecule has 2 N–H and O–H groups in total. The molecule has 0 aromatic carbocycles. The summed E-state index contributed by atoms with van der Waals surface area (Å²) in [6.45, 7) is 5.00. The standard InChI is InChI=1S/C21H28N6O/c28-19(12-17-13-26-10-3-16(17)4-11-26)22-8-7-21(5-6-21)14-23-20-18-2-1-9-27(18)25-15-24-20/h1-2,9,12,15-16H,3-8,10-11,13-14H2,(H,22,28)(H,23,24,25)/b17-12-. The van der Waals surface area contributed by atoms with Crippen LogP contribution >= 0.6 is 0 Å². The largest absolute Gasteiger partial charge is 0.368 e. The van der Waals surface area contributed by atoms with Gasteiger partial charge < -0.3 is 10.6 Å². The summed E-state index contributed by atoms with van der Waals surface area (Å²) in [4.78, 5) is 19.2. The van der Waals surface area contributed by atoms with Crippen LogP contribution in [0.5, 0.6) is 0 Å². The molecule has 4 fully saturated rings. The monoisotopic (exact) mass is 380 g/mol. The van der Waals surface area contributed by atoms with Gasteiger partial charge in [0.2, 0.25) is 5.91 Å². The fraction of sp³-hybridized carbons (Fsp3) is 0.571. The zero-order valence-electron chi connectivity index (χ0n) is 16.2. The van der Waals surface area contributed by atoms with Crippen molar-refractivity contribution in [1.29, 1.82) is 0 Å². The van der Waals surface area contributed by atoms with Crippen molar-refractivity contribution in [2.45, 2.75) is 32.1 Å². The number of hydrogen-bond acceptors (Lipinski definition) is 5. The Morgan fingerprint density at radius 2 is 2.18 bits per heavy atom. The highest BCUT2D eigenvalue weighted by Gasteiger charge is 2.42. The van der Waals surface area contributed by atoms with Crippen molar-refractivity contribution in [2.75, 3.05) is 38.0 Å². The molecule has 28 heavy (non-hydrogen) atoms. The predicted octanol–water partition coefficient (Wildman–Crippen LogP) is 2.08. The molecule has 148 valence electrons. The second-order valence-electron chi connectivity index (χ2n) is 8.61. The minimum absolute atomic E-state index is 0.0817. The number of hydrogen-bond donors (Lipinski definition) is 2. The fourth-order valence-corrected chi connectivity index (χ4v) is 4.65. The van der Waals surface area contributed by atoms with E-state index < -0.39 is 0 Å². The van der Waals surface area contributed by atoms with E-state index in [-0.39, 0.29) is 11.3 Å². The maximum absolute atomic E-state index is 12.3. The first-order valence-corrected chi connectivity index (χ1v) is 10.4. The van der Waals surface area contributed by atoms with Gasteiger partial charge in [-0.05, 0) is 74.2 Å². The van der Waals surface area contributed by atoms with Crippen molar-refractivity contribution in [3.8, 4) is 0 Å². The van der Waals surface area contributed by atoms with Crippen LogP contribution in [-0.2, 0) is 4.79 Å². The van der Waals surface area contributed by atoms with Crippen molar-refractivity contribution >= 4 is 17.2 Å². The van der Waals surface area contributed by atoms with Gasteiger partial charge in [0.05, 0.1) is 0 Å². The molecule has 1 amide bonds. The van der Waals surface area contributed by atoms with Crippen molar-refractivity contribution in [3.05, 3.63) is 36.3 Å². The number of carbonyl (C=O) groups is 1. The first kappa shape index (κ1) is 17.7. The summed E-state index contributed by atoms with van der Waals surface area (Å²) >= 11 is 0. The van der Waals surface area contributed by atoms with E-state index >= 15 is 0 Å². The minimum atomic E-state index is 0.0817. The van der Waals surface area contributed by atoms with Crippen LogP contribution in [0.1, 0.15) is 32.1 Å². The van der Waals surface area contributed by atoms with Crippen molar-refractivity contribution < 1.29 is 4.79 Å². The third-order valence-electron chi connectivity index (χ3n) is 6.71. The van der Waals surface area contributed by atoms with Gasteiger partial charge in [0.15, 0.2) is 5.82 Å². The van der Waals surface area contributed by atoms with Gasteiger partial charge in [-0.15, -0.1) is 0 Å². The maximum atomic E-state index is 12.3. The number of aromatic nitrogens is 3. The lowest BCUT2D eigenvalue weighted by Crippen LogP contribution is -2.43. The molecule has 1 saturated carbocycles. The average molecular weight is 380 g/mol. The lowest BCUT2D eigenvalue weighted by molar-refractivity contribution is -0.116. The van der Waals surface area contributed by atoms with E-state index in [9.17, 15) is 4.79 Å². The van der Waals surface area contributed by atoms with E-state index in [0.717, 1.165) is 37.4 Å². The SMILES string of the molecule is O=C(/C=C1/CN2CCC1CC2)NCCC1(CNc2ncnn3cccc23)CC1. The highest BCUT2D eigenvalue weighted by Crippen LogP contribution is 2.48. The van der Waals surface area contributed by atoms with Gasteiger partial charge in [-0.1, -0.05) is 0 Å². The number of carbonyl (C=O) groups excluding carboxylic acids is 1. The van der Waals surface area contributed by atoms with Gasteiger partial charge in [0.1, 0.15) is 11.8 Å². The molecule has 0 spiro atoms. The number of fused-ring (bicyclic) bond motifs is 4. The lowest BCUT2D eigenvalue weighted by atomic mass is 9.83. The van der Waals surface area contributed by atoms with Gasteiger partial charge in [0, 0.05) is 31.9 Å². The second-order valence-corrected chi connectivity index (χ2v) is 8.61. The zero-order valence-corrected chi connectivity index (χ0v) is 16.2. The molecule has 3 aliphatic heterocycles. The smallest absolute Gasteiger partial charge is 0.243 e. The van der Waals surface area contributed by atoms with Crippen molar-refractivity contribution in [2.24, 2.45) is 11.3 Å². The number of nitrogens with zero attached hydrogens (tertiary/aromatic N) is 4. The zero-order chi connectivity index (χ0) is 19.0. The summed E-state index contributed by atoms with van der Waals surface area (Å²) in [7, 11) is 0. The first-order valence-electron chi connectivity index (χ1n) is 10.4. The molecule has 0 atom stereocenters. The Morgan fingerprint density at radius 1 is 1.32 bits per heavy atom. The summed E-state index contributed by atoms with van der Waals surface area (Å²) in [6.07, 6.45) is 11.2. The summed E-state index contributed by atoms with van der Waals surface area (Å²) in [5.74, 6) is 1.59. The van der Waals surface area contributed by atoms with Gasteiger partial charge in [-0.3, -0.25) is 9.69 Å². The molecular formula is C21H28N6O. The molecule has 2 bridgehead atoms. The summed E-state index contributed by atoms with van der Waals surface area (Å²) in [6, 6.07) is 3.99. The Balaban J connectivity index is 1.11. The van der Waals surface area contributed by atoms with Crippen molar-refractivity contribution in [1.82, 2.24) is 24.8 Å². The number of nitrogens with one attached hydrogen (secondary N) is 2. The Labute approximate surface area is 165 Å². The third-order valence-corrected chi connectivity index (χ3v) is 6.71. The Hall–Kier alpha value is -2.41. The molecule has 0 unspecified atom stereocenters. The Kier molecular flexibility index (Phi) is 4.55. The molecule has 6 rings (SSSR count). The summed E-state index contributed by atoms with van der Waals surface area (Å²) in [5.41, 5.74) is 2.61. The molecule has 3 saturated heterocycles. The molecular weight excluding hydrogens is 352 g/mol. The fourth-order valence-electron chi connectivity index (χ4n) is 4.65. The molecule has 2 aromatic heterocycles. The lowest BCUT2D eigenvalue weighted by Gasteiger charge is -2.40. The highest BCUT2D eigenvalue weighted by molar-refractivity contribution is 5.88. The molecule has 7 heteroatoms. The Bertz CT molecular complexity index is 891. The molecule has 7 nitrogen and oxygen atoms in total. The normalized spacial score (nSPS) is 26.5. The second kappa shape index (κ2) is 7.20. The van der Waals surface area contributed by atoms with Crippen molar-refractivity contribution in [3.63, 3.8) is 0 Å². The molecule has 2 aromatic rings. The minimum Gasteiger partial charge on any atom is -0.368 e. The quantitative estimate of drug-likeness (QED) is 0.720. The van der Waals surface area contributed by atoms with Gasteiger partial charge >= 0.3 is 0 Å². The van der Waals surface area contributed by atoms with E-state index in [2.05, 4.69) is 25.6 Å². The first-order chi connectivity index (χ1) is 13.7. The predicted molar refractivity (Wildman–Crippen MR) is 108 cm³/mol. The molecule has 5 heterocycles. The summed E-state index contributed by atoms with van der Waals surface area (Å²) in [5, 5.41) is 10.8. The van der Waals surface area contributed by atoms with Gasteiger partial charge in [-0.25, -0.2) is 9.50 Å². The Morgan fingerprint density at radius 3 is 2.93 bits per heavy atom. The number of amides is 1. The molecule has 4 aliphatic rings. The van der Waals surface area contributed by atoms with E-state index in [0.29, 0.717) is 5.92 Å². The van der Waals surface area contributed by atoms with E-state index in [1.165, 1.54) is 44.3 Å². The van der Waals surface area contributed by atoms with Gasteiger partial charge in [-0.2, -0.15) is 5.10 Å². The highest BCUT2D eigenvalue weighted by atomic mass is 16.1. The number of anilines is 1. The third kappa shape index (κ3) is 3.63. The van der Waals surface area contributed by atoms with Crippen LogP contribution < -0.4 is 10.6 Å². The van der Waals surface area contributed by atoms with Crippen LogP contribution in [0, 0.1) is 11.3 Å². The maximum Gasteiger partial charge on any atom is 0.243 e. The van der Waals surface area contributed by atoms with Crippen LogP contribution in [0.15, 0.2) is 36.3 Å². The van der Waals surface area contributed by atoms with Crippen LogP contribution in [-0.4, -0.2) is 58.1 Å². The van der Waals surface area contributed by atoms with Crippen LogP contribution in [0.4, 0.5) is 5.82 Å². The molecule has 0 radical (unpaired) electrons. The van der Waals surface area contributed by atoms with E-state index in [4.69, 9.17) is 0 Å². The van der Waals surface area contributed by atoms with Gasteiger partial charge in [0.25, 0.3) is 0 Å². The number of rotatable bonds is 7. The summed E-state index contributed by atoms with van der Waals surface area (Å²) < 4.78 is 1.83. The topological polar surface area (TPSA) is 74.6 Å². The van der Waals surface area contributed by atoms with E-state index in [1.807, 2.05) is 28.9 Å². The van der Waals surface area contributed by atoms with Crippen LogP contribution in [0.3, 0.4) is 0 Å². The van der Waals surface area contributed by atoms with Crippen LogP contribution in [0.2, 0.25) is 0 Å². The average Bonchev–Trinajstić information content (AvgIpc) is 3.31.